The van der Waals surface area contributed by atoms with Crippen LogP contribution in [0, 0.1) is 11.6 Å². The van der Waals surface area contributed by atoms with Gasteiger partial charge in [-0.3, -0.25) is 4.79 Å². The quantitative estimate of drug-likeness (QED) is 0.720. The van der Waals surface area contributed by atoms with Crippen molar-refractivity contribution >= 4 is 33.5 Å². The molecule has 23 heavy (non-hydrogen) atoms. The van der Waals surface area contributed by atoms with E-state index in [-0.39, 0.29) is 6.04 Å². The molecule has 0 saturated heterocycles. The number of nitrogens with one attached hydrogen (secondary N) is 1. The molecule has 2 heterocycles. The summed E-state index contributed by atoms with van der Waals surface area (Å²) in [5, 5.41) is 4.26. The second-order valence-corrected chi connectivity index (χ2v) is 6.63. The van der Waals surface area contributed by atoms with Crippen molar-refractivity contribution < 1.29 is 13.6 Å². The number of aryl methyl sites for hydroxylation is 1. The molecular formula is C17H12F2N2OS. The lowest BCUT2D eigenvalue weighted by molar-refractivity contribution is 0.112. The highest BCUT2D eigenvalue weighted by atomic mass is 32.1. The van der Waals surface area contributed by atoms with E-state index in [1.165, 1.54) is 23.5 Å². The summed E-state index contributed by atoms with van der Waals surface area (Å²) in [5.74, 6) is -0.968. The van der Waals surface area contributed by atoms with Crippen molar-refractivity contribution in [3.63, 3.8) is 0 Å². The van der Waals surface area contributed by atoms with Crippen LogP contribution >= 0.6 is 11.3 Å². The number of carbonyl (C=O) groups is 1. The van der Waals surface area contributed by atoms with Crippen molar-refractivity contribution in [1.29, 1.82) is 0 Å². The third-order valence-electron chi connectivity index (χ3n) is 4.14. The number of nitrogens with zero attached hydrogens (tertiary/aromatic N) is 1. The molecule has 1 atom stereocenters. The SMILES string of the molecule is O=Cc1cc2ccnc(N[C@@H]3CCc4cc(F)c(F)cc43)c2s1. The number of halogens is 2. The molecule has 0 radical (unpaired) electrons. The van der Waals surface area contributed by atoms with Crippen LogP contribution in [0.3, 0.4) is 0 Å². The Morgan fingerprint density at radius 1 is 1.26 bits per heavy atom. The lowest BCUT2D eigenvalue weighted by Gasteiger charge is -2.15. The first-order valence-corrected chi connectivity index (χ1v) is 8.05. The van der Waals surface area contributed by atoms with Gasteiger partial charge in [0.05, 0.1) is 15.6 Å². The molecule has 0 unspecified atom stereocenters. The molecule has 0 saturated carbocycles. The maximum absolute atomic E-state index is 13.5. The van der Waals surface area contributed by atoms with Gasteiger partial charge in [-0.05, 0) is 53.6 Å². The molecule has 3 aromatic rings. The standard InChI is InChI=1S/C17H12F2N2OS/c18-13-6-9-1-2-15(12(9)7-14(13)19)21-17-16-10(3-4-20-17)5-11(8-22)23-16/h3-8,15H,1-2H2,(H,20,21)/t15-/m1/s1. The van der Waals surface area contributed by atoms with E-state index in [2.05, 4.69) is 10.3 Å². The molecule has 116 valence electrons. The Morgan fingerprint density at radius 3 is 2.91 bits per heavy atom. The van der Waals surface area contributed by atoms with Crippen LogP contribution in [-0.4, -0.2) is 11.3 Å². The third-order valence-corrected chi connectivity index (χ3v) is 5.22. The number of hydrogen-bond donors (Lipinski definition) is 1. The highest BCUT2D eigenvalue weighted by molar-refractivity contribution is 7.21. The van der Waals surface area contributed by atoms with E-state index in [0.29, 0.717) is 17.1 Å². The summed E-state index contributed by atoms with van der Waals surface area (Å²) in [4.78, 5) is 15.9. The topological polar surface area (TPSA) is 42.0 Å². The number of pyridine rings is 1. The normalized spacial score (nSPS) is 16.5. The fourth-order valence-corrected chi connectivity index (χ4v) is 3.98. The Labute approximate surface area is 135 Å². The molecule has 1 aliphatic rings. The van der Waals surface area contributed by atoms with Crippen LogP contribution < -0.4 is 5.32 Å². The van der Waals surface area contributed by atoms with E-state index >= 15 is 0 Å². The van der Waals surface area contributed by atoms with E-state index < -0.39 is 11.6 Å². The zero-order chi connectivity index (χ0) is 16.0. The summed E-state index contributed by atoms with van der Waals surface area (Å²) in [6.45, 7) is 0. The number of rotatable bonds is 3. The average Bonchev–Trinajstić information content (AvgIpc) is 3.13. The van der Waals surface area contributed by atoms with Crippen LogP contribution in [-0.2, 0) is 6.42 Å². The molecule has 1 N–H and O–H groups in total. The van der Waals surface area contributed by atoms with Gasteiger partial charge in [0.2, 0.25) is 0 Å². The molecule has 4 rings (SSSR count). The fraction of sp³-hybridized carbons (Fsp3) is 0.176. The average molecular weight is 330 g/mol. The summed E-state index contributed by atoms with van der Waals surface area (Å²) in [6, 6.07) is 6.09. The van der Waals surface area contributed by atoms with Gasteiger partial charge in [-0.15, -0.1) is 11.3 Å². The van der Waals surface area contributed by atoms with Gasteiger partial charge in [0.25, 0.3) is 0 Å². The van der Waals surface area contributed by atoms with Crippen LogP contribution in [0.2, 0.25) is 0 Å². The number of benzene rings is 1. The van der Waals surface area contributed by atoms with Gasteiger partial charge >= 0.3 is 0 Å². The van der Waals surface area contributed by atoms with E-state index in [4.69, 9.17) is 0 Å². The predicted molar refractivity (Wildman–Crippen MR) is 86.1 cm³/mol. The Balaban J connectivity index is 1.72. The van der Waals surface area contributed by atoms with Gasteiger partial charge in [0, 0.05) is 6.20 Å². The maximum atomic E-state index is 13.5. The van der Waals surface area contributed by atoms with E-state index in [1.807, 2.05) is 12.1 Å². The Morgan fingerprint density at radius 2 is 2.09 bits per heavy atom. The van der Waals surface area contributed by atoms with E-state index in [1.54, 1.807) is 6.20 Å². The summed E-state index contributed by atoms with van der Waals surface area (Å²) in [7, 11) is 0. The first kappa shape index (κ1) is 14.3. The molecule has 0 spiro atoms. The van der Waals surface area contributed by atoms with Gasteiger partial charge < -0.3 is 5.32 Å². The second kappa shape index (κ2) is 5.38. The first-order chi connectivity index (χ1) is 11.2. The van der Waals surface area contributed by atoms with Gasteiger partial charge in [0.1, 0.15) is 5.82 Å². The predicted octanol–water partition coefficient (Wildman–Crippen LogP) is 4.49. The van der Waals surface area contributed by atoms with Crippen molar-refractivity contribution in [2.45, 2.75) is 18.9 Å². The number of aldehydes is 1. The zero-order valence-corrected chi connectivity index (χ0v) is 12.8. The van der Waals surface area contributed by atoms with Crippen molar-refractivity contribution in [1.82, 2.24) is 4.98 Å². The minimum Gasteiger partial charge on any atom is -0.362 e. The smallest absolute Gasteiger partial charge is 0.160 e. The molecule has 2 aromatic heterocycles. The second-order valence-electron chi connectivity index (χ2n) is 5.55. The number of aromatic nitrogens is 1. The molecule has 0 amide bonds. The zero-order valence-electron chi connectivity index (χ0n) is 12.0. The van der Waals surface area contributed by atoms with E-state index in [0.717, 1.165) is 33.9 Å². The van der Waals surface area contributed by atoms with Gasteiger partial charge in [0.15, 0.2) is 17.9 Å². The summed E-state index contributed by atoms with van der Waals surface area (Å²) in [6.07, 6.45) is 3.94. The largest absolute Gasteiger partial charge is 0.362 e. The lowest BCUT2D eigenvalue weighted by Crippen LogP contribution is -2.09. The molecular weight excluding hydrogens is 318 g/mol. The minimum atomic E-state index is -0.831. The maximum Gasteiger partial charge on any atom is 0.160 e. The Hall–Kier alpha value is -2.34. The van der Waals surface area contributed by atoms with Crippen LogP contribution in [0.15, 0.2) is 30.5 Å². The fourth-order valence-electron chi connectivity index (χ4n) is 3.06. The summed E-state index contributed by atoms with van der Waals surface area (Å²) < 4.78 is 27.8. The first-order valence-electron chi connectivity index (χ1n) is 7.24. The third kappa shape index (κ3) is 2.39. The molecule has 1 aliphatic carbocycles. The van der Waals surface area contributed by atoms with Gasteiger partial charge in [-0.2, -0.15) is 0 Å². The number of thiophene rings is 1. The number of hydrogen-bond acceptors (Lipinski definition) is 4. The van der Waals surface area contributed by atoms with Crippen molar-refractivity contribution in [3.8, 4) is 0 Å². The Bertz CT molecular complexity index is 922. The van der Waals surface area contributed by atoms with Crippen LogP contribution in [0.4, 0.5) is 14.6 Å². The molecule has 1 aromatic carbocycles. The monoisotopic (exact) mass is 330 g/mol. The Kier molecular flexibility index (Phi) is 3.34. The molecule has 0 bridgehead atoms. The van der Waals surface area contributed by atoms with Crippen LogP contribution in [0.25, 0.3) is 10.1 Å². The highest BCUT2D eigenvalue weighted by Crippen LogP contribution is 2.37. The summed E-state index contributed by atoms with van der Waals surface area (Å²) in [5.41, 5.74) is 1.60. The minimum absolute atomic E-state index is 0.111. The van der Waals surface area contributed by atoms with Crippen molar-refractivity contribution in [2.75, 3.05) is 5.32 Å². The molecule has 0 aliphatic heterocycles. The lowest BCUT2D eigenvalue weighted by atomic mass is 10.1. The van der Waals surface area contributed by atoms with Crippen molar-refractivity contribution in [2.24, 2.45) is 0 Å². The number of anilines is 1. The summed E-state index contributed by atoms with van der Waals surface area (Å²) >= 11 is 1.37. The van der Waals surface area contributed by atoms with Crippen LogP contribution in [0.1, 0.15) is 33.3 Å². The highest BCUT2D eigenvalue weighted by Gasteiger charge is 2.25. The van der Waals surface area contributed by atoms with Crippen molar-refractivity contribution in [3.05, 3.63) is 58.1 Å². The van der Waals surface area contributed by atoms with E-state index in [9.17, 15) is 13.6 Å². The van der Waals surface area contributed by atoms with Crippen LogP contribution in [0.5, 0.6) is 0 Å². The number of fused-ring (bicyclic) bond motifs is 2. The molecule has 0 fully saturated rings. The van der Waals surface area contributed by atoms with Gasteiger partial charge in [-0.1, -0.05) is 0 Å². The number of carbonyl (C=O) groups excluding carboxylic acids is 1. The van der Waals surface area contributed by atoms with Gasteiger partial charge in [-0.25, -0.2) is 13.8 Å². The molecule has 3 nitrogen and oxygen atoms in total. The molecule has 6 heteroatoms.